The van der Waals surface area contributed by atoms with E-state index >= 15 is 0 Å². The molecule has 10 nitrogen and oxygen atoms in total. The molecule has 3 N–H and O–H groups in total. The highest BCUT2D eigenvalue weighted by Crippen LogP contribution is 2.41. The van der Waals surface area contributed by atoms with Crippen LogP contribution in [0.4, 0.5) is 33.2 Å². The number of benzene rings is 2. The van der Waals surface area contributed by atoms with Crippen molar-refractivity contribution in [3.8, 4) is 16.9 Å². The second kappa shape index (κ2) is 11.6. The Morgan fingerprint density at radius 1 is 1.10 bits per heavy atom. The number of hydrogen-bond acceptors (Lipinski definition) is 9. The van der Waals surface area contributed by atoms with Crippen molar-refractivity contribution in [2.45, 2.75) is 0 Å². The molecule has 1 aliphatic heterocycles. The number of piperazine rings is 1. The number of hydrogen-bond donors (Lipinski definition) is 3. The molecule has 40 heavy (non-hydrogen) atoms. The third kappa shape index (κ3) is 6.14. The van der Waals surface area contributed by atoms with Crippen molar-refractivity contribution < 1.29 is 13.7 Å². The van der Waals surface area contributed by atoms with Crippen molar-refractivity contribution in [2.24, 2.45) is 7.05 Å². The SMILES string of the molecule is COc1cc(N2CCNCC2)c(-c2cnn(C)c2)cc1Nc1ncc(Br)c(Nc2ccc(F)cc2P(C)(C)=O)n1. The number of rotatable bonds is 8. The number of halogens is 2. The summed E-state index contributed by atoms with van der Waals surface area (Å²) in [6.45, 7) is 6.76. The summed E-state index contributed by atoms with van der Waals surface area (Å²) >= 11 is 3.49. The van der Waals surface area contributed by atoms with E-state index < -0.39 is 13.0 Å². The minimum absolute atomic E-state index is 0.316. The van der Waals surface area contributed by atoms with Crippen molar-refractivity contribution >= 4 is 57.2 Å². The van der Waals surface area contributed by atoms with Crippen LogP contribution < -0.4 is 30.9 Å². The number of aryl methyl sites for hydroxylation is 1. The summed E-state index contributed by atoms with van der Waals surface area (Å²) in [5.74, 6) is 0.939. The van der Waals surface area contributed by atoms with E-state index in [1.54, 1.807) is 37.4 Å². The molecule has 0 atom stereocenters. The van der Waals surface area contributed by atoms with E-state index in [1.807, 2.05) is 31.6 Å². The molecule has 1 saturated heterocycles. The van der Waals surface area contributed by atoms with Crippen LogP contribution in [0, 0.1) is 5.82 Å². The van der Waals surface area contributed by atoms with Crippen molar-refractivity contribution in [3.05, 3.63) is 59.2 Å². The molecule has 2 aromatic carbocycles. The molecule has 210 valence electrons. The first-order chi connectivity index (χ1) is 19.1. The molecular weight excluding hydrogens is 598 g/mol. The molecule has 0 amide bonds. The maximum Gasteiger partial charge on any atom is 0.229 e. The predicted molar refractivity (Wildman–Crippen MR) is 162 cm³/mol. The molecule has 0 unspecified atom stereocenters. The Morgan fingerprint density at radius 3 is 2.55 bits per heavy atom. The van der Waals surface area contributed by atoms with Gasteiger partial charge in [0.15, 0.2) is 0 Å². The Kier molecular flexibility index (Phi) is 8.11. The van der Waals surface area contributed by atoms with Gasteiger partial charge in [-0.05, 0) is 53.5 Å². The Balaban J connectivity index is 1.52. The van der Waals surface area contributed by atoms with E-state index in [0.29, 0.717) is 38.7 Å². The van der Waals surface area contributed by atoms with Gasteiger partial charge in [0.1, 0.15) is 24.5 Å². The quantitative estimate of drug-likeness (QED) is 0.234. The van der Waals surface area contributed by atoms with Gasteiger partial charge in [-0.25, -0.2) is 9.37 Å². The maximum atomic E-state index is 14.0. The Hall–Kier alpha value is -3.47. The number of methoxy groups -OCH3 is 1. The largest absolute Gasteiger partial charge is 0.494 e. The molecule has 2 aromatic heterocycles. The lowest BCUT2D eigenvalue weighted by Crippen LogP contribution is -2.43. The second-order valence-corrected chi connectivity index (χ2v) is 13.9. The molecule has 13 heteroatoms. The lowest BCUT2D eigenvalue weighted by Gasteiger charge is -2.31. The summed E-state index contributed by atoms with van der Waals surface area (Å²) in [6.07, 6.45) is 5.44. The molecule has 0 bridgehead atoms. The first-order valence-electron chi connectivity index (χ1n) is 12.7. The van der Waals surface area contributed by atoms with Crippen molar-refractivity contribution in [2.75, 3.05) is 62.2 Å². The van der Waals surface area contributed by atoms with Gasteiger partial charge in [-0.3, -0.25) is 4.68 Å². The first-order valence-corrected chi connectivity index (χ1v) is 16.1. The number of ether oxygens (including phenoxy) is 1. The lowest BCUT2D eigenvalue weighted by molar-refractivity contribution is 0.416. The first kappa shape index (κ1) is 28.1. The van der Waals surface area contributed by atoms with E-state index in [1.165, 1.54) is 12.1 Å². The molecule has 0 saturated carbocycles. The summed E-state index contributed by atoms with van der Waals surface area (Å²) in [4.78, 5) is 11.4. The van der Waals surface area contributed by atoms with Crippen LogP contribution in [-0.2, 0) is 11.6 Å². The van der Waals surface area contributed by atoms with E-state index in [4.69, 9.17) is 4.74 Å². The number of anilines is 5. The number of aromatic nitrogens is 4. The third-order valence-corrected chi connectivity index (χ3v) is 8.69. The summed E-state index contributed by atoms with van der Waals surface area (Å²) in [5.41, 5.74) is 4.24. The zero-order valence-electron chi connectivity index (χ0n) is 22.7. The number of nitrogens with zero attached hydrogens (tertiary/aromatic N) is 5. The van der Waals surface area contributed by atoms with Crippen LogP contribution in [0.25, 0.3) is 11.1 Å². The standard InChI is InChI=1S/C27H31BrFN8O2P/c1-36-16-17(14-32-36)19-12-22(24(39-2)13-23(19)37-9-7-30-8-10-37)34-27-31-15-20(28)26(35-27)33-21-6-5-18(29)11-25(21)40(3,4)38/h5-6,11-16,30H,7-10H2,1-4H3,(H2,31,33,34,35). The Bertz CT molecular complexity index is 1580. The normalized spacial score (nSPS) is 13.8. The fourth-order valence-electron chi connectivity index (χ4n) is 4.61. The van der Waals surface area contributed by atoms with E-state index in [2.05, 4.69) is 51.8 Å². The molecule has 1 fully saturated rings. The van der Waals surface area contributed by atoms with Crippen LogP contribution in [0.15, 0.2) is 53.4 Å². The number of nitrogens with one attached hydrogen (secondary N) is 3. The topological polar surface area (TPSA) is 109 Å². The summed E-state index contributed by atoms with van der Waals surface area (Å²) < 4.78 is 35.0. The average Bonchev–Trinajstić information content (AvgIpc) is 3.37. The van der Waals surface area contributed by atoms with Gasteiger partial charge in [-0.1, -0.05) is 0 Å². The highest BCUT2D eigenvalue weighted by molar-refractivity contribution is 9.10. The van der Waals surface area contributed by atoms with Crippen molar-refractivity contribution in [3.63, 3.8) is 0 Å². The second-order valence-electron chi connectivity index (χ2n) is 9.86. The van der Waals surface area contributed by atoms with Gasteiger partial charge in [0.25, 0.3) is 0 Å². The van der Waals surface area contributed by atoms with Crippen LogP contribution in [0.5, 0.6) is 5.75 Å². The Morgan fingerprint density at radius 2 is 1.88 bits per heavy atom. The molecule has 3 heterocycles. The van der Waals surface area contributed by atoms with Gasteiger partial charge in [0.2, 0.25) is 5.95 Å². The van der Waals surface area contributed by atoms with Crippen LogP contribution in [0.3, 0.4) is 0 Å². The monoisotopic (exact) mass is 628 g/mol. The van der Waals surface area contributed by atoms with Gasteiger partial charge in [0.05, 0.1) is 29.2 Å². The maximum absolute atomic E-state index is 14.0. The van der Waals surface area contributed by atoms with E-state index in [9.17, 15) is 8.96 Å². The van der Waals surface area contributed by atoms with Gasteiger partial charge in [-0.2, -0.15) is 10.1 Å². The summed E-state index contributed by atoms with van der Waals surface area (Å²) in [6, 6.07) is 8.22. The predicted octanol–water partition coefficient (Wildman–Crippen LogP) is 4.93. The molecular formula is C27H31BrFN8O2P. The molecule has 0 aliphatic carbocycles. The van der Waals surface area contributed by atoms with Gasteiger partial charge < -0.3 is 30.2 Å². The van der Waals surface area contributed by atoms with Crippen LogP contribution in [0.1, 0.15) is 0 Å². The fraction of sp³-hybridized carbons (Fsp3) is 0.296. The summed E-state index contributed by atoms with van der Waals surface area (Å²) in [5, 5.41) is 14.7. The molecule has 4 aromatic rings. The molecule has 1 aliphatic rings. The smallest absolute Gasteiger partial charge is 0.229 e. The molecule has 0 spiro atoms. The molecule has 5 rings (SSSR count). The molecule has 0 radical (unpaired) electrons. The fourth-order valence-corrected chi connectivity index (χ4v) is 6.05. The minimum atomic E-state index is -2.77. The van der Waals surface area contributed by atoms with E-state index in [-0.39, 0.29) is 0 Å². The summed E-state index contributed by atoms with van der Waals surface area (Å²) in [7, 11) is 0.752. The van der Waals surface area contributed by atoms with Crippen LogP contribution in [-0.4, -0.2) is 66.4 Å². The highest BCUT2D eigenvalue weighted by atomic mass is 79.9. The Labute approximate surface area is 240 Å². The van der Waals surface area contributed by atoms with Crippen molar-refractivity contribution in [1.29, 1.82) is 0 Å². The minimum Gasteiger partial charge on any atom is -0.494 e. The van der Waals surface area contributed by atoms with Gasteiger partial charge >= 0.3 is 0 Å². The highest BCUT2D eigenvalue weighted by Gasteiger charge is 2.21. The van der Waals surface area contributed by atoms with Crippen molar-refractivity contribution in [1.82, 2.24) is 25.1 Å². The average molecular weight is 629 g/mol. The lowest BCUT2D eigenvalue weighted by atomic mass is 10.0. The zero-order chi connectivity index (χ0) is 28.4. The van der Waals surface area contributed by atoms with Crippen LogP contribution >= 0.6 is 23.1 Å². The van der Waals surface area contributed by atoms with Crippen LogP contribution in [0.2, 0.25) is 0 Å². The zero-order valence-corrected chi connectivity index (χ0v) is 25.2. The third-order valence-electron chi connectivity index (χ3n) is 6.57. The van der Waals surface area contributed by atoms with Gasteiger partial charge in [0, 0.05) is 73.8 Å². The van der Waals surface area contributed by atoms with Gasteiger partial charge in [-0.15, -0.1) is 0 Å². The van der Waals surface area contributed by atoms with E-state index in [0.717, 1.165) is 43.0 Å².